The van der Waals surface area contributed by atoms with E-state index < -0.39 is 24.1 Å². The molecule has 1 atom stereocenters. The molecule has 0 spiro atoms. The Bertz CT molecular complexity index is 474. The molecule has 4 nitrogen and oxygen atoms in total. The van der Waals surface area contributed by atoms with E-state index in [0.29, 0.717) is 6.42 Å². The topological polar surface area (TPSA) is 55.4 Å². The minimum Gasteiger partial charge on any atom is -0.464 e. The third kappa shape index (κ3) is 5.45. The van der Waals surface area contributed by atoms with Gasteiger partial charge in [0.1, 0.15) is 0 Å². The van der Waals surface area contributed by atoms with Gasteiger partial charge in [0, 0.05) is 0 Å². The fourth-order valence-electron chi connectivity index (χ4n) is 1.54. The second kappa shape index (κ2) is 7.66. The molecule has 7 heteroatoms. The molecule has 1 N–H and O–H groups in total. The van der Waals surface area contributed by atoms with Crippen LogP contribution in [0.15, 0.2) is 30.3 Å². The highest BCUT2D eigenvalue weighted by atomic mass is 19.4. The van der Waals surface area contributed by atoms with Gasteiger partial charge < -0.3 is 10.1 Å². The molecular formula is C14H16F3NO3. The van der Waals surface area contributed by atoms with E-state index in [2.05, 4.69) is 0 Å². The Labute approximate surface area is 120 Å². The number of rotatable bonds is 6. The van der Waals surface area contributed by atoms with Crippen LogP contribution in [0.4, 0.5) is 13.2 Å². The number of esters is 1. The number of benzene rings is 1. The molecule has 0 aliphatic carbocycles. The molecular weight excluding hydrogens is 287 g/mol. The molecule has 1 amide bonds. The second-order valence-electron chi connectivity index (χ2n) is 4.34. The van der Waals surface area contributed by atoms with E-state index in [0.717, 1.165) is 6.42 Å². The van der Waals surface area contributed by atoms with Crippen molar-refractivity contribution in [3.8, 4) is 0 Å². The molecule has 0 heterocycles. The highest BCUT2D eigenvalue weighted by molar-refractivity contribution is 5.88. The molecule has 0 aliphatic rings. The number of halogens is 3. The lowest BCUT2D eigenvalue weighted by molar-refractivity contribution is -0.176. The standard InChI is InChI=1S/C14H16F3NO3/c1-2-3-9-21-12(19)11(10-7-5-4-6-8-10)18-13(20)14(15,16)17/h4-8,11H,2-3,9H2,1H3,(H,18,20). The van der Waals surface area contributed by atoms with Crippen LogP contribution >= 0.6 is 0 Å². The molecule has 1 aromatic carbocycles. The molecule has 21 heavy (non-hydrogen) atoms. The van der Waals surface area contributed by atoms with Gasteiger partial charge in [0.2, 0.25) is 0 Å². The van der Waals surface area contributed by atoms with Gasteiger partial charge in [-0.05, 0) is 12.0 Å². The van der Waals surface area contributed by atoms with E-state index in [-0.39, 0.29) is 12.2 Å². The Balaban J connectivity index is 2.85. The van der Waals surface area contributed by atoms with Crippen molar-refractivity contribution >= 4 is 11.9 Å². The molecule has 0 aromatic heterocycles. The van der Waals surface area contributed by atoms with Crippen LogP contribution < -0.4 is 5.32 Å². The summed E-state index contributed by atoms with van der Waals surface area (Å²) in [6.07, 6.45) is -3.69. The fraction of sp³-hybridized carbons (Fsp3) is 0.429. The molecule has 0 radical (unpaired) electrons. The summed E-state index contributed by atoms with van der Waals surface area (Å²) >= 11 is 0. The molecule has 0 saturated carbocycles. The summed E-state index contributed by atoms with van der Waals surface area (Å²) in [4.78, 5) is 22.9. The van der Waals surface area contributed by atoms with Gasteiger partial charge in [-0.25, -0.2) is 4.79 Å². The van der Waals surface area contributed by atoms with Gasteiger partial charge in [-0.15, -0.1) is 0 Å². The van der Waals surface area contributed by atoms with E-state index in [9.17, 15) is 22.8 Å². The van der Waals surface area contributed by atoms with Gasteiger partial charge >= 0.3 is 18.1 Å². The van der Waals surface area contributed by atoms with Gasteiger partial charge in [-0.2, -0.15) is 13.2 Å². The number of hydrogen-bond acceptors (Lipinski definition) is 3. The maximum atomic E-state index is 12.3. The molecule has 0 bridgehead atoms. The molecule has 0 fully saturated rings. The summed E-state index contributed by atoms with van der Waals surface area (Å²) in [5.41, 5.74) is 0.233. The van der Waals surface area contributed by atoms with Crippen molar-refractivity contribution in [1.29, 1.82) is 0 Å². The van der Waals surface area contributed by atoms with Crippen LogP contribution in [-0.4, -0.2) is 24.7 Å². The molecule has 116 valence electrons. The zero-order valence-electron chi connectivity index (χ0n) is 11.4. The van der Waals surface area contributed by atoms with E-state index >= 15 is 0 Å². The van der Waals surface area contributed by atoms with E-state index in [1.54, 1.807) is 23.5 Å². The highest BCUT2D eigenvalue weighted by Crippen LogP contribution is 2.20. The maximum absolute atomic E-state index is 12.3. The molecule has 0 aliphatic heterocycles. The van der Waals surface area contributed by atoms with Gasteiger partial charge in [0.05, 0.1) is 6.61 Å². The first-order valence-corrected chi connectivity index (χ1v) is 6.45. The summed E-state index contributed by atoms with van der Waals surface area (Å²) in [7, 11) is 0. The third-order valence-electron chi connectivity index (χ3n) is 2.64. The minimum absolute atomic E-state index is 0.0978. The number of ether oxygens (including phenoxy) is 1. The number of alkyl halides is 3. The zero-order valence-corrected chi connectivity index (χ0v) is 11.4. The lowest BCUT2D eigenvalue weighted by atomic mass is 10.1. The van der Waals surface area contributed by atoms with Crippen LogP contribution in [-0.2, 0) is 14.3 Å². The summed E-state index contributed by atoms with van der Waals surface area (Å²) in [5.74, 6) is -3.09. The SMILES string of the molecule is CCCCOC(=O)C(NC(=O)C(F)(F)F)c1ccccc1. The van der Waals surface area contributed by atoms with Gasteiger partial charge in [-0.3, -0.25) is 4.79 Å². The largest absolute Gasteiger partial charge is 0.471 e. The van der Waals surface area contributed by atoms with Gasteiger partial charge in [-0.1, -0.05) is 43.7 Å². The Morgan fingerprint density at radius 2 is 1.86 bits per heavy atom. The molecule has 0 saturated heterocycles. The van der Waals surface area contributed by atoms with E-state index in [1.165, 1.54) is 12.1 Å². The molecule has 1 aromatic rings. The first kappa shape index (κ1) is 17.0. The number of carbonyl (C=O) groups is 2. The van der Waals surface area contributed by atoms with Crippen LogP contribution in [0.5, 0.6) is 0 Å². The van der Waals surface area contributed by atoms with Crippen molar-refractivity contribution in [2.45, 2.75) is 32.0 Å². The van der Waals surface area contributed by atoms with Crippen molar-refractivity contribution < 1.29 is 27.5 Å². The van der Waals surface area contributed by atoms with E-state index in [1.807, 2.05) is 6.92 Å². The Kier molecular flexibility index (Phi) is 6.20. The van der Waals surface area contributed by atoms with Crippen LogP contribution in [0.25, 0.3) is 0 Å². The maximum Gasteiger partial charge on any atom is 0.471 e. The predicted octanol–water partition coefficient (Wildman–Crippen LogP) is 2.75. The zero-order chi connectivity index (χ0) is 15.9. The van der Waals surface area contributed by atoms with Crippen molar-refractivity contribution in [3.63, 3.8) is 0 Å². The first-order valence-electron chi connectivity index (χ1n) is 6.45. The number of nitrogens with one attached hydrogen (secondary N) is 1. The second-order valence-corrected chi connectivity index (χ2v) is 4.34. The number of unbranched alkanes of at least 4 members (excludes halogenated alkanes) is 1. The van der Waals surface area contributed by atoms with Crippen molar-refractivity contribution in [3.05, 3.63) is 35.9 Å². The Morgan fingerprint density at radius 1 is 1.24 bits per heavy atom. The average molecular weight is 303 g/mol. The van der Waals surface area contributed by atoms with Crippen LogP contribution in [0.2, 0.25) is 0 Å². The van der Waals surface area contributed by atoms with Crippen molar-refractivity contribution in [2.75, 3.05) is 6.61 Å². The van der Waals surface area contributed by atoms with E-state index in [4.69, 9.17) is 4.74 Å². The monoisotopic (exact) mass is 303 g/mol. The summed E-state index contributed by atoms with van der Waals surface area (Å²) in [5, 5.41) is 1.66. The normalized spacial score (nSPS) is 12.6. The number of hydrogen-bond donors (Lipinski definition) is 1. The van der Waals surface area contributed by atoms with Crippen LogP contribution in [0.1, 0.15) is 31.4 Å². The number of carbonyl (C=O) groups excluding carboxylic acids is 2. The lowest BCUT2D eigenvalue weighted by Gasteiger charge is -2.18. The number of amides is 1. The smallest absolute Gasteiger partial charge is 0.464 e. The van der Waals surface area contributed by atoms with Gasteiger partial charge in [0.25, 0.3) is 0 Å². The highest BCUT2D eigenvalue weighted by Gasteiger charge is 2.41. The first-order chi connectivity index (χ1) is 9.86. The quantitative estimate of drug-likeness (QED) is 0.649. The van der Waals surface area contributed by atoms with Crippen molar-refractivity contribution in [2.24, 2.45) is 0 Å². The summed E-state index contributed by atoms with van der Waals surface area (Å²) in [6.45, 7) is 1.98. The summed E-state index contributed by atoms with van der Waals surface area (Å²) in [6, 6.07) is 6.18. The van der Waals surface area contributed by atoms with Crippen LogP contribution in [0.3, 0.4) is 0 Å². The summed E-state index contributed by atoms with van der Waals surface area (Å²) < 4.78 is 41.9. The van der Waals surface area contributed by atoms with Crippen molar-refractivity contribution in [1.82, 2.24) is 5.32 Å². The molecule has 1 rings (SSSR count). The fourth-order valence-corrected chi connectivity index (χ4v) is 1.54. The average Bonchev–Trinajstić information content (AvgIpc) is 2.44. The van der Waals surface area contributed by atoms with Gasteiger partial charge in [0.15, 0.2) is 6.04 Å². The molecule has 1 unspecified atom stereocenters. The Hall–Kier alpha value is -2.05. The van der Waals surface area contributed by atoms with Crippen LogP contribution in [0, 0.1) is 0 Å². The third-order valence-corrected chi connectivity index (χ3v) is 2.64. The minimum atomic E-state index is -5.06. The lowest BCUT2D eigenvalue weighted by Crippen LogP contribution is -2.42. The predicted molar refractivity (Wildman–Crippen MR) is 69.2 cm³/mol. The Morgan fingerprint density at radius 3 is 2.38 bits per heavy atom.